The van der Waals surface area contributed by atoms with Gasteiger partial charge < -0.3 is 10.6 Å². The number of nitrogens with zero attached hydrogens (tertiary/aromatic N) is 3. The number of benzene rings is 2. The van der Waals surface area contributed by atoms with Gasteiger partial charge in [-0.05, 0) is 29.3 Å². The fourth-order valence-electron chi connectivity index (χ4n) is 2.71. The van der Waals surface area contributed by atoms with Gasteiger partial charge >= 0.3 is 0 Å². The van der Waals surface area contributed by atoms with Crippen molar-refractivity contribution >= 4 is 41.7 Å². The minimum atomic E-state index is 0. The molecule has 0 radical (unpaired) electrons. The monoisotopic (exact) mass is 507 g/mol. The molecule has 0 saturated carbocycles. The van der Waals surface area contributed by atoms with Gasteiger partial charge in [-0.3, -0.25) is 9.67 Å². The lowest BCUT2D eigenvalue weighted by Gasteiger charge is -2.14. The molecule has 148 valence electrons. The first-order chi connectivity index (χ1) is 13.3. The van der Waals surface area contributed by atoms with Gasteiger partial charge in [0.15, 0.2) is 5.96 Å². The molecule has 1 aromatic heterocycles. The molecule has 0 aliphatic carbocycles. The molecule has 0 aliphatic heterocycles. The topological polar surface area (TPSA) is 54.2 Å². The molecule has 3 rings (SSSR count). The first-order valence-electron chi connectivity index (χ1n) is 9.02. The normalized spacial score (nSPS) is 11.0. The molecule has 0 saturated heterocycles. The molecule has 0 aliphatic rings. The van der Waals surface area contributed by atoms with Crippen LogP contribution in [-0.4, -0.2) is 35.1 Å². The molecule has 0 unspecified atom stereocenters. The first-order valence-corrected chi connectivity index (χ1v) is 10.0. The van der Waals surface area contributed by atoms with Gasteiger partial charge in [0.05, 0.1) is 6.54 Å². The summed E-state index contributed by atoms with van der Waals surface area (Å²) < 4.78 is 1.94. The number of nitrogens with one attached hydrogen (secondary N) is 2. The smallest absolute Gasteiger partial charge is 0.191 e. The lowest BCUT2D eigenvalue weighted by molar-refractivity contribution is 0.678. The van der Waals surface area contributed by atoms with E-state index in [0.29, 0.717) is 0 Å². The zero-order valence-electron chi connectivity index (χ0n) is 15.9. The molecule has 7 heteroatoms. The molecular weight excluding hydrogens is 481 g/mol. The van der Waals surface area contributed by atoms with Gasteiger partial charge in [-0.2, -0.15) is 5.10 Å². The number of aromatic nitrogens is 2. The Morgan fingerprint density at radius 3 is 2.46 bits per heavy atom. The van der Waals surface area contributed by atoms with E-state index in [4.69, 9.17) is 0 Å². The molecule has 3 aromatic rings. The van der Waals surface area contributed by atoms with Crippen LogP contribution in [0.1, 0.15) is 11.1 Å². The number of aliphatic imine (C=N–C) groups is 1. The molecule has 2 aromatic carbocycles. The molecule has 0 amide bonds. The van der Waals surface area contributed by atoms with Crippen molar-refractivity contribution in [2.75, 3.05) is 19.3 Å². The fraction of sp³-hybridized carbons (Fsp3) is 0.238. The van der Waals surface area contributed by atoms with Crippen LogP contribution < -0.4 is 10.6 Å². The van der Waals surface area contributed by atoms with Crippen LogP contribution in [0.25, 0.3) is 0 Å². The van der Waals surface area contributed by atoms with Crippen molar-refractivity contribution in [2.45, 2.75) is 18.0 Å². The second-order valence-corrected chi connectivity index (χ2v) is 7.15. The van der Waals surface area contributed by atoms with Crippen LogP contribution in [0.2, 0.25) is 0 Å². The lowest BCUT2D eigenvalue weighted by atomic mass is 10.1. The number of rotatable bonds is 8. The standard InChI is InChI=1S/C21H25N5S.HI/c1-22-21(23-13-15-27-20-10-3-2-4-11-20)24-16-18-8-5-6-9-19(18)17-26-14-7-12-25-26;/h2-12,14H,13,15-17H2,1H3,(H2,22,23,24);1H. The average Bonchev–Trinajstić information content (AvgIpc) is 3.22. The third-order valence-corrected chi connectivity index (χ3v) is 5.10. The van der Waals surface area contributed by atoms with E-state index in [1.165, 1.54) is 16.0 Å². The van der Waals surface area contributed by atoms with Crippen molar-refractivity contribution in [1.29, 1.82) is 0 Å². The van der Waals surface area contributed by atoms with E-state index >= 15 is 0 Å². The molecule has 1 heterocycles. The lowest BCUT2D eigenvalue weighted by Crippen LogP contribution is -2.38. The Morgan fingerprint density at radius 1 is 1.00 bits per heavy atom. The Kier molecular flexibility index (Phi) is 9.92. The van der Waals surface area contributed by atoms with Crippen LogP contribution in [0.5, 0.6) is 0 Å². The summed E-state index contributed by atoms with van der Waals surface area (Å²) in [6, 6.07) is 20.8. The molecular formula is C21H26IN5S. The minimum absolute atomic E-state index is 0. The Bertz CT molecular complexity index is 837. The van der Waals surface area contributed by atoms with Crippen molar-refractivity contribution in [3.8, 4) is 0 Å². The molecule has 0 spiro atoms. The Labute approximate surface area is 188 Å². The van der Waals surface area contributed by atoms with Gasteiger partial charge in [0.2, 0.25) is 0 Å². The van der Waals surface area contributed by atoms with Crippen molar-refractivity contribution < 1.29 is 0 Å². The number of guanidine groups is 1. The zero-order valence-corrected chi connectivity index (χ0v) is 19.1. The van der Waals surface area contributed by atoms with Crippen LogP contribution in [-0.2, 0) is 13.1 Å². The number of halogens is 1. The predicted octanol–water partition coefficient (Wildman–Crippen LogP) is 4.01. The van der Waals surface area contributed by atoms with E-state index in [1.54, 1.807) is 13.2 Å². The summed E-state index contributed by atoms with van der Waals surface area (Å²) in [5, 5.41) is 11.1. The molecule has 5 nitrogen and oxygen atoms in total. The SMILES string of the molecule is CN=C(NCCSc1ccccc1)NCc1ccccc1Cn1cccn1.I. The summed E-state index contributed by atoms with van der Waals surface area (Å²) in [6.45, 7) is 2.35. The third kappa shape index (κ3) is 7.20. The van der Waals surface area contributed by atoms with E-state index in [0.717, 1.165) is 31.3 Å². The van der Waals surface area contributed by atoms with Gasteiger partial charge in [0.1, 0.15) is 0 Å². The summed E-state index contributed by atoms with van der Waals surface area (Å²) in [4.78, 5) is 5.61. The molecule has 0 fully saturated rings. The highest BCUT2D eigenvalue weighted by atomic mass is 127. The van der Waals surface area contributed by atoms with E-state index < -0.39 is 0 Å². The molecule has 2 N–H and O–H groups in total. The van der Waals surface area contributed by atoms with Crippen LogP contribution in [0.3, 0.4) is 0 Å². The van der Waals surface area contributed by atoms with Crippen LogP contribution in [0.15, 0.2) is 82.9 Å². The Hall–Kier alpha value is -2.00. The van der Waals surface area contributed by atoms with Crippen molar-refractivity contribution in [2.24, 2.45) is 4.99 Å². The molecule has 28 heavy (non-hydrogen) atoms. The maximum Gasteiger partial charge on any atom is 0.191 e. The average molecular weight is 507 g/mol. The van der Waals surface area contributed by atoms with E-state index in [-0.39, 0.29) is 24.0 Å². The maximum atomic E-state index is 4.32. The third-order valence-electron chi connectivity index (χ3n) is 4.09. The van der Waals surface area contributed by atoms with E-state index in [2.05, 4.69) is 69.3 Å². The first kappa shape index (κ1) is 22.3. The highest BCUT2D eigenvalue weighted by Crippen LogP contribution is 2.15. The van der Waals surface area contributed by atoms with E-state index in [1.807, 2.05) is 34.8 Å². The van der Waals surface area contributed by atoms with Crippen molar-refractivity contribution in [3.05, 3.63) is 84.2 Å². The second-order valence-electron chi connectivity index (χ2n) is 5.99. The van der Waals surface area contributed by atoms with Crippen LogP contribution in [0.4, 0.5) is 0 Å². The number of hydrogen-bond acceptors (Lipinski definition) is 3. The van der Waals surface area contributed by atoms with Crippen LogP contribution >= 0.6 is 35.7 Å². The van der Waals surface area contributed by atoms with Crippen molar-refractivity contribution in [3.63, 3.8) is 0 Å². The summed E-state index contributed by atoms with van der Waals surface area (Å²) in [7, 11) is 1.80. The highest BCUT2D eigenvalue weighted by Gasteiger charge is 2.04. The number of hydrogen-bond donors (Lipinski definition) is 2. The summed E-state index contributed by atoms with van der Waals surface area (Å²) in [5.74, 6) is 1.80. The summed E-state index contributed by atoms with van der Waals surface area (Å²) >= 11 is 1.84. The second kappa shape index (κ2) is 12.5. The predicted molar refractivity (Wildman–Crippen MR) is 129 cm³/mol. The zero-order chi connectivity index (χ0) is 18.7. The van der Waals surface area contributed by atoms with Crippen molar-refractivity contribution in [1.82, 2.24) is 20.4 Å². The summed E-state index contributed by atoms with van der Waals surface area (Å²) in [5.41, 5.74) is 2.50. The van der Waals surface area contributed by atoms with Gasteiger partial charge in [0.25, 0.3) is 0 Å². The Balaban J connectivity index is 0.00000280. The molecule has 0 bridgehead atoms. The molecule has 0 atom stereocenters. The number of thioether (sulfide) groups is 1. The van der Waals surface area contributed by atoms with Gasteiger partial charge in [-0.25, -0.2) is 0 Å². The largest absolute Gasteiger partial charge is 0.356 e. The minimum Gasteiger partial charge on any atom is -0.356 e. The summed E-state index contributed by atoms with van der Waals surface area (Å²) in [6.07, 6.45) is 3.79. The Morgan fingerprint density at radius 2 is 1.75 bits per heavy atom. The van der Waals surface area contributed by atoms with Crippen LogP contribution in [0, 0.1) is 0 Å². The quantitative estimate of drug-likeness (QED) is 0.159. The van der Waals surface area contributed by atoms with Gasteiger partial charge in [-0.15, -0.1) is 35.7 Å². The maximum absolute atomic E-state index is 4.32. The fourth-order valence-corrected chi connectivity index (χ4v) is 3.50. The van der Waals surface area contributed by atoms with Gasteiger partial charge in [-0.1, -0.05) is 42.5 Å². The van der Waals surface area contributed by atoms with E-state index in [9.17, 15) is 0 Å². The highest BCUT2D eigenvalue weighted by molar-refractivity contribution is 14.0. The van der Waals surface area contributed by atoms with Gasteiger partial charge in [0, 0.05) is 43.2 Å².